The van der Waals surface area contributed by atoms with E-state index in [-0.39, 0.29) is 0 Å². The third kappa shape index (κ3) is 3.36. The molecule has 0 spiro atoms. The Morgan fingerprint density at radius 2 is 0.750 bits per heavy atom. The van der Waals surface area contributed by atoms with Gasteiger partial charge in [-0.3, -0.25) is 0 Å². The van der Waals surface area contributed by atoms with Crippen LogP contribution in [0.3, 0.4) is 0 Å². The van der Waals surface area contributed by atoms with Crippen LogP contribution in [-0.2, 0) is 49.0 Å². The molecule has 1 aliphatic rings. The average molecular weight is 475 g/mol. The second-order valence-corrected chi connectivity index (χ2v) is 9.88. The van der Waals surface area contributed by atoms with E-state index in [0.717, 1.165) is 13.1 Å². The van der Waals surface area contributed by atoms with Crippen LogP contribution in [0.5, 0.6) is 0 Å². The fourth-order valence-electron chi connectivity index (χ4n) is 6.01. The van der Waals surface area contributed by atoms with Gasteiger partial charge in [-0.25, -0.2) is 0 Å². The van der Waals surface area contributed by atoms with Crippen molar-refractivity contribution >= 4 is 43.6 Å². The first-order valence-electron chi connectivity index (χ1n) is 13.0. The highest BCUT2D eigenvalue weighted by atomic mass is 16.5. The fraction of sp³-hybridized carbons (Fsp3) is 0.250. The third-order valence-corrected chi connectivity index (χ3v) is 7.69. The van der Waals surface area contributed by atoms with Crippen molar-refractivity contribution in [3.8, 4) is 0 Å². The zero-order valence-corrected chi connectivity index (χ0v) is 20.9. The van der Waals surface area contributed by atoms with Crippen LogP contribution in [0.2, 0.25) is 0 Å². The van der Waals surface area contributed by atoms with E-state index >= 15 is 0 Å². The molecule has 6 aromatic rings. The number of hydrogen-bond donors (Lipinski definition) is 0. The minimum Gasteiger partial charge on any atom is -0.372 e. The Hall–Kier alpha value is -3.60. The molecule has 180 valence electrons. The van der Waals surface area contributed by atoms with E-state index in [4.69, 9.17) is 9.47 Å². The molecule has 0 N–H and O–H groups in total. The van der Waals surface area contributed by atoms with E-state index in [2.05, 4.69) is 95.8 Å². The van der Waals surface area contributed by atoms with E-state index in [1.54, 1.807) is 0 Å². The molecular weight excluding hydrogens is 444 g/mol. The molecule has 2 aromatic heterocycles. The number of aromatic nitrogens is 2. The Balaban J connectivity index is 1.36. The summed E-state index contributed by atoms with van der Waals surface area (Å²) in [5.74, 6) is 0. The van der Waals surface area contributed by atoms with E-state index in [0.29, 0.717) is 26.4 Å². The highest BCUT2D eigenvalue weighted by molar-refractivity contribution is 6.09. The van der Waals surface area contributed by atoms with Crippen LogP contribution in [0.1, 0.15) is 36.1 Å². The molecule has 4 heteroatoms. The monoisotopic (exact) mass is 474 g/mol. The minimum absolute atomic E-state index is 0.594. The highest BCUT2D eigenvalue weighted by Crippen LogP contribution is 2.33. The van der Waals surface area contributed by atoms with Gasteiger partial charge >= 0.3 is 0 Å². The highest BCUT2D eigenvalue weighted by Gasteiger charge is 2.14. The molecule has 0 fully saturated rings. The third-order valence-electron chi connectivity index (χ3n) is 7.69. The van der Waals surface area contributed by atoms with Crippen LogP contribution in [-0.4, -0.2) is 9.13 Å². The summed E-state index contributed by atoms with van der Waals surface area (Å²) in [5, 5.41) is 5.14. The van der Waals surface area contributed by atoms with Gasteiger partial charge in [0.1, 0.15) is 0 Å². The van der Waals surface area contributed by atoms with Crippen molar-refractivity contribution in [2.45, 2.75) is 53.4 Å². The van der Waals surface area contributed by atoms with Crippen molar-refractivity contribution in [2.24, 2.45) is 0 Å². The molecule has 0 saturated carbocycles. The Morgan fingerprint density at radius 1 is 0.472 bits per heavy atom. The topological polar surface area (TPSA) is 28.3 Å². The smallest absolute Gasteiger partial charge is 0.0721 e. The summed E-state index contributed by atoms with van der Waals surface area (Å²) in [6, 6.07) is 27.0. The molecule has 0 atom stereocenters. The van der Waals surface area contributed by atoms with Gasteiger partial charge in [-0.05, 0) is 84.6 Å². The van der Waals surface area contributed by atoms with Crippen LogP contribution in [0, 0.1) is 0 Å². The van der Waals surface area contributed by atoms with Crippen molar-refractivity contribution < 1.29 is 9.47 Å². The van der Waals surface area contributed by atoms with E-state index in [1.165, 1.54) is 65.9 Å². The van der Waals surface area contributed by atoms with Gasteiger partial charge in [0.15, 0.2) is 0 Å². The molecular formula is C32H30N2O2. The Kier molecular flexibility index (Phi) is 5.12. The van der Waals surface area contributed by atoms with Gasteiger partial charge in [-0.2, -0.15) is 0 Å². The van der Waals surface area contributed by atoms with Gasteiger partial charge in [-0.15, -0.1) is 0 Å². The Morgan fingerprint density at radius 3 is 1.00 bits per heavy atom. The molecule has 0 unspecified atom stereocenters. The van der Waals surface area contributed by atoms with Gasteiger partial charge in [0.2, 0.25) is 0 Å². The normalized spacial score (nSPS) is 14.5. The largest absolute Gasteiger partial charge is 0.372 e. The van der Waals surface area contributed by atoms with Crippen molar-refractivity contribution in [1.29, 1.82) is 0 Å². The average Bonchev–Trinajstić information content (AvgIpc) is 3.39. The number of rotatable bonds is 2. The zero-order chi connectivity index (χ0) is 24.2. The summed E-state index contributed by atoms with van der Waals surface area (Å²) in [7, 11) is 0. The second kappa shape index (κ2) is 8.51. The zero-order valence-electron chi connectivity index (χ0n) is 20.9. The maximum absolute atomic E-state index is 6.24. The molecule has 0 amide bonds. The summed E-state index contributed by atoms with van der Waals surface area (Å²) in [6.07, 6.45) is 0. The molecule has 4 aromatic carbocycles. The minimum atomic E-state index is 0.594. The van der Waals surface area contributed by atoms with E-state index < -0.39 is 0 Å². The molecule has 0 aliphatic carbocycles. The standard InChI is InChI=1S/C32H30N2O2/c1-3-33-29-9-5-21-13-25(29)26-14-22(6-10-30(26)33)18-36-20-24-8-12-32-28(16-24)27-15-23(19-35-17-21)7-11-31(27)34(32)4-2/h5-16H,3-4,17-20H2,1-2H3. The van der Waals surface area contributed by atoms with Crippen molar-refractivity contribution in [2.75, 3.05) is 0 Å². The van der Waals surface area contributed by atoms with Gasteiger partial charge in [0.05, 0.1) is 26.4 Å². The number of ether oxygens (including phenoxy) is 2. The quantitative estimate of drug-likeness (QED) is 0.257. The van der Waals surface area contributed by atoms with Crippen LogP contribution < -0.4 is 0 Å². The summed E-state index contributed by atoms with van der Waals surface area (Å²) in [5.41, 5.74) is 9.90. The van der Waals surface area contributed by atoms with Crippen molar-refractivity contribution in [3.63, 3.8) is 0 Å². The van der Waals surface area contributed by atoms with Crippen molar-refractivity contribution in [3.05, 3.63) is 95.1 Å². The lowest BCUT2D eigenvalue weighted by Crippen LogP contribution is -1.97. The second-order valence-electron chi connectivity index (χ2n) is 9.88. The number of fused-ring (bicyclic) bond motifs is 4. The lowest BCUT2D eigenvalue weighted by molar-refractivity contribution is 0.107. The molecule has 36 heavy (non-hydrogen) atoms. The van der Waals surface area contributed by atoms with Gasteiger partial charge in [-0.1, -0.05) is 24.3 Å². The van der Waals surface area contributed by atoms with Gasteiger partial charge in [0, 0.05) is 56.7 Å². The van der Waals surface area contributed by atoms with Crippen LogP contribution in [0.4, 0.5) is 0 Å². The van der Waals surface area contributed by atoms with Gasteiger partial charge in [0.25, 0.3) is 0 Å². The fourth-order valence-corrected chi connectivity index (χ4v) is 6.01. The molecule has 8 bridgehead atoms. The van der Waals surface area contributed by atoms with E-state index in [9.17, 15) is 0 Å². The predicted molar refractivity (Wildman–Crippen MR) is 147 cm³/mol. The Labute approximate surface area is 210 Å². The SMILES string of the molecule is CCn1c2ccc3cc2c2cc(ccc21)COCc1ccc2c(c1)c1cc(ccc1n2CC)COC3. The van der Waals surface area contributed by atoms with Crippen LogP contribution >= 0.6 is 0 Å². The first-order chi connectivity index (χ1) is 17.7. The number of hydrogen-bond acceptors (Lipinski definition) is 2. The maximum atomic E-state index is 6.24. The molecule has 7 rings (SSSR count). The summed E-state index contributed by atoms with van der Waals surface area (Å²) >= 11 is 0. The van der Waals surface area contributed by atoms with Gasteiger partial charge < -0.3 is 18.6 Å². The predicted octanol–water partition coefficient (Wildman–Crippen LogP) is 7.69. The lowest BCUT2D eigenvalue weighted by atomic mass is 10.1. The molecule has 0 radical (unpaired) electrons. The first kappa shape index (κ1) is 21.7. The Bertz CT molecular complexity index is 1520. The molecule has 4 nitrogen and oxygen atoms in total. The number of benzene rings is 4. The van der Waals surface area contributed by atoms with E-state index in [1.807, 2.05) is 0 Å². The maximum Gasteiger partial charge on any atom is 0.0721 e. The van der Waals surface area contributed by atoms with Crippen LogP contribution in [0.25, 0.3) is 43.6 Å². The summed E-state index contributed by atoms with van der Waals surface area (Å²) < 4.78 is 17.3. The number of nitrogens with zero attached hydrogens (tertiary/aromatic N) is 2. The summed E-state index contributed by atoms with van der Waals surface area (Å²) in [6.45, 7) is 8.68. The molecule has 0 saturated heterocycles. The van der Waals surface area contributed by atoms with Crippen LogP contribution in [0.15, 0.2) is 72.8 Å². The first-order valence-corrected chi connectivity index (χ1v) is 13.0. The molecule has 3 heterocycles. The molecule has 1 aliphatic heterocycles. The number of aryl methyl sites for hydroxylation is 2. The van der Waals surface area contributed by atoms with Crippen molar-refractivity contribution in [1.82, 2.24) is 9.13 Å². The lowest BCUT2D eigenvalue weighted by Gasteiger charge is -2.07. The summed E-state index contributed by atoms with van der Waals surface area (Å²) in [4.78, 5) is 0.